The van der Waals surface area contributed by atoms with Gasteiger partial charge in [-0.3, -0.25) is 15.0 Å². The second kappa shape index (κ2) is 9.45. The van der Waals surface area contributed by atoms with Gasteiger partial charge in [-0.2, -0.15) is 0 Å². The molecule has 0 bridgehead atoms. The molecule has 9 nitrogen and oxygen atoms in total. The molecule has 0 spiro atoms. The van der Waals surface area contributed by atoms with Crippen molar-refractivity contribution in [3.05, 3.63) is 45.7 Å². The molecule has 27 heavy (non-hydrogen) atoms. The Hall–Kier alpha value is -2.49. The molecule has 0 atom stereocenters. The summed E-state index contributed by atoms with van der Waals surface area (Å²) in [6.07, 6.45) is 2.14. The van der Waals surface area contributed by atoms with Gasteiger partial charge in [0, 0.05) is 30.3 Å². The van der Waals surface area contributed by atoms with Gasteiger partial charge in [-0.05, 0) is 31.2 Å². The maximum absolute atomic E-state index is 11.6. The van der Waals surface area contributed by atoms with Crippen molar-refractivity contribution in [2.75, 3.05) is 50.0 Å². The Bertz CT molecular complexity index is 785. The van der Waals surface area contributed by atoms with E-state index in [0.29, 0.717) is 17.3 Å². The number of benzene rings is 1. The van der Waals surface area contributed by atoms with Crippen LogP contribution in [0.1, 0.15) is 6.42 Å². The van der Waals surface area contributed by atoms with Crippen molar-refractivity contribution in [2.45, 2.75) is 6.42 Å². The van der Waals surface area contributed by atoms with Crippen LogP contribution in [0.3, 0.4) is 0 Å². The molecule has 0 unspecified atom stereocenters. The van der Waals surface area contributed by atoms with Crippen LogP contribution in [0.5, 0.6) is 0 Å². The number of nitrogens with zero attached hydrogens (tertiary/aromatic N) is 4. The zero-order valence-electron chi connectivity index (χ0n) is 14.7. The van der Waals surface area contributed by atoms with E-state index in [2.05, 4.69) is 25.5 Å². The number of aromatic nitrogens is 2. The van der Waals surface area contributed by atoms with Gasteiger partial charge >= 0.3 is 5.69 Å². The van der Waals surface area contributed by atoms with Gasteiger partial charge < -0.3 is 15.4 Å². The van der Waals surface area contributed by atoms with Crippen molar-refractivity contribution in [3.8, 4) is 0 Å². The predicted octanol–water partition coefficient (Wildman–Crippen LogP) is 2.92. The molecule has 0 radical (unpaired) electrons. The van der Waals surface area contributed by atoms with E-state index in [9.17, 15) is 10.1 Å². The summed E-state index contributed by atoms with van der Waals surface area (Å²) in [4.78, 5) is 21.5. The van der Waals surface area contributed by atoms with E-state index in [0.717, 1.165) is 39.3 Å². The van der Waals surface area contributed by atoms with Gasteiger partial charge in [0.1, 0.15) is 6.33 Å². The lowest BCUT2D eigenvalue weighted by Crippen LogP contribution is -2.37. The van der Waals surface area contributed by atoms with Crippen LogP contribution in [0.2, 0.25) is 5.02 Å². The molecule has 1 fully saturated rings. The third-order valence-electron chi connectivity index (χ3n) is 4.14. The standard InChI is InChI=1S/C17H21ClN6O3/c18-13-3-1-4-14(11-13)22-17-15(24(25)26)16(20-12-21-17)19-5-2-6-23-7-9-27-10-8-23/h1,3-4,11-12H,2,5-10H2,(H2,19,20,21,22). The fourth-order valence-electron chi connectivity index (χ4n) is 2.81. The molecule has 1 aromatic heterocycles. The number of morpholine rings is 1. The van der Waals surface area contributed by atoms with E-state index < -0.39 is 4.92 Å². The third-order valence-corrected chi connectivity index (χ3v) is 4.37. The summed E-state index contributed by atoms with van der Waals surface area (Å²) >= 11 is 5.96. The largest absolute Gasteiger partial charge is 0.379 e. The molecule has 3 rings (SSSR count). The number of hydrogen-bond acceptors (Lipinski definition) is 8. The molecule has 0 amide bonds. The van der Waals surface area contributed by atoms with E-state index in [1.165, 1.54) is 6.33 Å². The van der Waals surface area contributed by atoms with Crippen LogP contribution in [0.4, 0.5) is 23.0 Å². The smallest absolute Gasteiger partial charge is 0.353 e. The first-order valence-corrected chi connectivity index (χ1v) is 9.07. The molecule has 1 aromatic carbocycles. The minimum absolute atomic E-state index is 0.118. The Morgan fingerprint density at radius 3 is 2.78 bits per heavy atom. The van der Waals surface area contributed by atoms with Crippen molar-refractivity contribution in [1.82, 2.24) is 14.9 Å². The first kappa shape index (κ1) is 19.3. The number of nitro groups is 1. The third kappa shape index (κ3) is 5.49. The summed E-state index contributed by atoms with van der Waals surface area (Å²) < 4.78 is 5.32. The van der Waals surface area contributed by atoms with Gasteiger partial charge in [0.2, 0.25) is 11.6 Å². The monoisotopic (exact) mass is 392 g/mol. The van der Waals surface area contributed by atoms with E-state index >= 15 is 0 Å². The molecule has 10 heteroatoms. The highest BCUT2D eigenvalue weighted by atomic mass is 35.5. The van der Waals surface area contributed by atoms with Gasteiger partial charge in [0.15, 0.2) is 0 Å². The number of rotatable bonds is 8. The molecular weight excluding hydrogens is 372 g/mol. The first-order chi connectivity index (χ1) is 13.1. The molecular formula is C17H21ClN6O3. The van der Waals surface area contributed by atoms with Crippen LogP contribution in [-0.2, 0) is 4.74 Å². The van der Waals surface area contributed by atoms with E-state index in [1.54, 1.807) is 24.3 Å². The maximum Gasteiger partial charge on any atom is 0.353 e. The van der Waals surface area contributed by atoms with Gasteiger partial charge in [-0.15, -0.1) is 0 Å². The van der Waals surface area contributed by atoms with Gasteiger partial charge in [0.25, 0.3) is 0 Å². The Balaban J connectivity index is 1.65. The summed E-state index contributed by atoms with van der Waals surface area (Å²) in [5, 5.41) is 18.1. The molecule has 0 saturated carbocycles. The number of anilines is 3. The maximum atomic E-state index is 11.6. The van der Waals surface area contributed by atoms with Crippen LogP contribution in [0, 0.1) is 10.1 Å². The molecule has 1 aliphatic rings. The lowest BCUT2D eigenvalue weighted by Gasteiger charge is -2.26. The van der Waals surface area contributed by atoms with Crippen LogP contribution in [-0.4, -0.2) is 59.2 Å². The number of nitrogens with one attached hydrogen (secondary N) is 2. The van der Waals surface area contributed by atoms with Crippen LogP contribution in [0.15, 0.2) is 30.6 Å². The lowest BCUT2D eigenvalue weighted by atomic mass is 10.3. The van der Waals surface area contributed by atoms with E-state index in [1.807, 2.05) is 0 Å². The van der Waals surface area contributed by atoms with Crippen LogP contribution < -0.4 is 10.6 Å². The Labute approximate surface area is 161 Å². The van der Waals surface area contributed by atoms with Crippen molar-refractivity contribution in [1.29, 1.82) is 0 Å². The van der Waals surface area contributed by atoms with Gasteiger partial charge in [0.05, 0.1) is 18.1 Å². The quantitative estimate of drug-likeness (QED) is 0.401. The van der Waals surface area contributed by atoms with E-state index in [-0.39, 0.29) is 17.3 Å². The van der Waals surface area contributed by atoms with Crippen molar-refractivity contribution >= 4 is 34.6 Å². The predicted molar refractivity (Wildman–Crippen MR) is 104 cm³/mol. The highest BCUT2D eigenvalue weighted by Gasteiger charge is 2.23. The van der Waals surface area contributed by atoms with E-state index in [4.69, 9.17) is 16.3 Å². The molecule has 2 heterocycles. The molecule has 1 saturated heterocycles. The fourth-order valence-corrected chi connectivity index (χ4v) is 3.00. The Morgan fingerprint density at radius 2 is 2.04 bits per heavy atom. The lowest BCUT2D eigenvalue weighted by molar-refractivity contribution is -0.383. The minimum Gasteiger partial charge on any atom is -0.379 e. The SMILES string of the molecule is O=[N+]([O-])c1c(NCCCN2CCOCC2)ncnc1Nc1cccc(Cl)c1. The zero-order valence-corrected chi connectivity index (χ0v) is 15.5. The van der Waals surface area contributed by atoms with Crippen molar-refractivity contribution in [3.63, 3.8) is 0 Å². The number of ether oxygens (including phenoxy) is 1. The Kier molecular flexibility index (Phi) is 6.74. The summed E-state index contributed by atoms with van der Waals surface area (Å²) in [6.45, 7) is 4.82. The average Bonchev–Trinajstić information content (AvgIpc) is 2.66. The molecule has 0 aliphatic carbocycles. The first-order valence-electron chi connectivity index (χ1n) is 8.69. The van der Waals surface area contributed by atoms with Crippen LogP contribution >= 0.6 is 11.6 Å². The van der Waals surface area contributed by atoms with Gasteiger partial charge in [-0.1, -0.05) is 17.7 Å². The molecule has 1 aliphatic heterocycles. The summed E-state index contributed by atoms with van der Waals surface area (Å²) in [5.74, 6) is 0.314. The number of hydrogen-bond donors (Lipinski definition) is 2. The Morgan fingerprint density at radius 1 is 1.26 bits per heavy atom. The number of halogens is 1. The highest BCUT2D eigenvalue weighted by Crippen LogP contribution is 2.31. The van der Waals surface area contributed by atoms with Crippen molar-refractivity contribution in [2.24, 2.45) is 0 Å². The minimum atomic E-state index is -0.489. The molecule has 2 aromatic rings. The summed E-state index contributed by atoms with van der Waals surface area (Å²) in [7, 11) is 0. The summed E-state index contributed by atoms with van der Waals surface area (Å²) in [6, 6.07) is 6.90. The summed E-state index contributed by atoms with van der Waals surface area (Å²) in [5.41, 5.74) is 0.423. The molecule has 144 valence electrons. The van der Waals surface area contributed by atoms with Crippen molar-refractivity contribution < 1.29 is 9.66 Å². The zero-order chi connectivity index (χ0) is 19.1. The topological polar surface area (TPSA) is 105 Å². The van der Waals surface area contributed by atoms with Crippen LogP contribution in [0.25, 0.3) is 0 Å². The normalized spacial score (nSPS) is 14.7. The highest BCUT2D eigenvalue weighted by molar-refractivity contribution is 6.30. The second-order valence-corrected chi connectivity index (χ2v) is 6.48. The van der Waals surface area contributed by atoms with Gasteiger partial charge in [-0.25, -0.2) is 9.97 Å². The second-order valence-electron chi connectivity index (χ2n) is 6.05. The molecule has 2 N–H and O–H groups in total. The average molecular weight is 393 g/mol. The fraction of sp³-hybridized carbons (Fsp3) is 0.412.